The van der Waals surface area contributed by atoms with Crippen molar-refractivity contribution in [2.45, 2.75) is 6.54 Å². The normalized spacial score (nSPS) is 9.25. The van der Waals surface area contributed by atoms with Gasteiger partial charge in [0.1, 0.15) is 0 Å². The zero-order valence-electron chi connectivity index (χ0n) is 8.34. The van der Waals surface area contributed by atoms with Crippen LogP contribution in [0.2, 0.25) is 0 Å². The first-order chi connectivity index (χ1) is 7.36. The number of carbonyl (C=O) groups is 1. The van der Waals surface area contributed by atoms with Crippen molar-refractivity contribution in [3.63, 3.8) is 0 Å². The Balaban J connectivity index is 0.00000128. The van der Waals surface area contributed by atoms with Gasteiger partial charge in [0.2, 0.25) is 12.3 Å². The van der Waals surface area contributed by atoms with E-state index in [1.165, 1.54) is 0 Å². The van der Waals surface area contributed by atoms with Gasteiger partial charge in [-0.25, -0.2) is 0 Å². The summed E-state index contributed by atoms with van der Waals surface area (Å²) in [6.07, 6.45) is 3.78. The Labute approximate surface area is 98.8 Å². The number of carbonyl (C=O) groups excluding carboxylic acids is 1. The number of Topliss-reactive ketones (excluding diaryl/α,β-unsaturated/α-hetero) is 1. The molecule has 0 N–H and O–H groups in total. The van der Waals surface area contributed by atoms with Gasteiger partial charge in [0.15, 0.2) is 12.4 Å². The summed E-state index contributed by atoms with van der Waals surface area (Å²) in [6, 6.07) is 15.1. The topological polar surface area (TPSA) is 20.9 Å². The Bertz CT molecular complexity index is 442. The third kappa shape index (κ3) is 3.11. The van der Waals surface area contributed by atoms with Crippen LogP contribution >= 0.6 is 0 Å². The Morgan fingerprint density at radius 1 is 0.938 bits per heavy atom. The first-order valence-corrected chi connectivity index (χ1v) is 4.88. The van der Waals surface area contributed by atoms with Crippen LogP contribution in [0.15, 0.2) is 60.9 Å². The van der Waals surface area contributed by atoms with Crippen LogP contribution in [0.25, 0.3) is 0 Å². The molecule has 0 saturated carbocycles. The summed E-state index contributed by atoms with van der Waals surface area (Å²) < 4.78 is 1.87. The van der Waals surface area contributed by atoms with E-state index in [2.05, 4.69) is 0 Å². The Morgan fingerprint density at radius 2 is 1.50 bits per heavy atom. The summed E-state index contributed by atoms with van der Waals surface area (Å²) in [7, 11) is 0. The fourth-order valence-electron chi connectivity index (χ4n) is 1.42. The average molecular weight is 209 g/mol. The summed E-state index contributed by atoms with van der Waals surface area (Å²) in [5, 5.41) is 0. The summed E-state index contributed by atoms with van der Waals surface area (Å²) in [4.78, 5) is 11.8. The maximum absolute atomic E-state index is 11.8. The minimum atomic E-state index is 0. The zero-order valence-corrected chi connectivity index (χ0v) is 8.34. The van der Waals surface area contributed by atoms with Crippen molar-refractivity contribution in [2.24, 2.45) is 0 Å². The van der Waals surface area contributed by atoms with E-state index in [0.29, 0.717) is 6.54 Å². The van der Waals surface area contributed by atoms with E-state index in [4.69, 9.17) is 0 Å². The third-order valence-electron chi connectivity index (χ3n) is 2.20. The number of nitrogens with zero attached hydrogens (tertiary/aromatic N) is 1. The van der Waals surface area contributed by atoms with Gasteiger partial charge in [0.25, 0.3) is 0 Å². The Hall–Kier alpha value is -1.79. The molecule has 0 saturated heterocycles. The fraction of sp³-hybridized carbons (Fsp3) is 0.0769. The molecule has 1 heterocycles. The molecule has 16 heavy (non-hydrogen) atoms. The van der Waals surface area contributed by atoms with Crippen molar-refractivity contribution in [1.82, 2.24) is 0 Å². The van der Waals surface area contributed by atoms with E-state index in [1.54, 1.807) is 0 Å². The van der Waals surface area contributed by atoms with E-state index >= 15 is 0 Å². The van der Waals surface area contributed by atoms with Gasteiger partial charge in [-0.15, -0.1) is 0 Å². The number of hydrogen-bond donors (Lipinski definition) is 0. The quantitative estimate of drug-likeness (QED) is 0.419. The molecule has 2 rings (SSSR count). The first kappa shape index (κ1) is 12.3. The van der Waals surface area contributed by atoms with E-state index in [0.717, 1.165) is 5.56 Å². The standard InChI is InChI=1S/C13H12NO.Be.2H/c15-13(12-7-3-1-4-8-12)11-14-9-5-2-6-10-14;;;/h1-10H,11H2;;;/q+1;;;. The molecule has 1 aromatic carbocycles. The number of benzene rings is 1. The molecular weight excluding hydrogens is 195 g/mol. The van der Waals surface area contributed by atoms with Crippen LogP contribution in [0.1, 0.15) is 10.4 Å². The van der Waals surface area contributed by atoms with Crippen molar-refractivity contribution < 1.29 is 9.36 Å². The van der Waals surface area contributed by atoms with E-state index in [9.17, 15) is 4.79 Å². The molecule has 0 aliphatic carbocycles. The molecule has 2 nitrogen and oxygen atoms in total. The van der Waals surface area contributed by atoms with Crippen LogP contribution < -0.4 is 4.57 Å². The summed E-state index contributed by atoms with van der Waals surface area (Å²) in [5.74, 6) is 0.131. The summed E-state index contributed by atoms with van der Waals surface area (Å²) in [5.41, 5.74) is 0.758. The van der Waals surface area contributed by atoms with E-state index in [1.807, 2.05) is 65.5 Å². The molecule has 0 radical (unpaired) electrons. The van der Waals surface area contributed by atoms with Crippen molar-refractivity contribution in [2.75, 3.05) is 0 Å². The number of aromatic nitrogens is 1. The van der Waals surface area contributed by atoms with Crippen molar-refractivity contribution in [1.29, 1.82) is 0 Å². The number of rotatable bonds is 3. The molecule has 2 aromatic rings. The molecule has 3 heteroatoms. The van der Waals surface area contributed by atoms with Crippen LogP contribution in [-0.4, -0.2) is 15.9 Å². The second-order valence-electron chi connectivity index (χ2n) is 3.34. The molecule has 0 spiro atoms. The van der Waals surface area contributed by atoms with Crippen molar-refractivity contribution in [3.8, 4) is 0 Å². The van der Waals surface area contributed by atoms with Crippen molar-refractivity contribution >= 4 is 15.9 Å². The Kier molecular flexibility index (Phi) is 4.56. The molecule has 0 unspecified atom stereocenters. The van der Waals surface area contributed by atoms with Gasteiger partial charge in [-0.1, -0.05) is 36.4 Å². The van der Waals surface area contributed by atoms with Crippen molar-refractivity contribution in [3.05, 3.63) is 66.5 Å². The SMILES string of the molecule is O=C(C[n+]1ccccc1)c1ccccc1.[BeH2]. The molecular formula is C13H14BeNO+. The zero-order chi connectivity index (χ0) is 10.5. The predicted molar refractivity (Wildman–Crippen MR) is 66.0 cm³/mol. The summed E-state index contributed by atoms with van der Waals surface area (Å²) in [6.45, 7) is 0.394. The molecule has 1 aromatic heterocycles. The van der Waals surface area contributed by atoms with Crippen LogP contribution in [0.4, 0.5) is 0 Å². The molecule has 0 fully saturated rings. The molecule has 0 aliphatic rings. The molecule has 0 atom stereocenters. The number of pyridine rings is 1. The number of hydrogen-bond acceptors (Lipinski definition) is 1. The third-order valence-corrected chi connectivity index (χ3v) is 2.20. The fourth-order valence-corrected chi connectivity index (χ4v) is 1.42. The monoisotopic (exact) mass is 209 g/mol. The predicted octanol–water partition coefficient (Wildman–Crippen LogP) is 0.941. The Morgan fingerprint density at radius 3 is 2.12 bits per heavy atom. The van der Waals surface area contributed by atoms with Crippen LogP contribution in [0.3, 0.4) is 0 Å². The first-order valence-electron chi connectivity index (χ1n) is 4.88. The molecule has 0 bridgehead atoms. The van der Waals surface area contributed by atoms with Gasteiger partial charge < -0.3 is 0 Å². The van der Waals surface area contributed by atoms with Gasteiger partial charge in [0.05, 0.1) is 0 Å². The van der Waals surface area contributed by atoms with Gasteiger partial charge in [-0.2, -0.15) is 4.57 Å². The van der Waals surface area contributed by atoms with Crippen LogP contribution in [0.5, 0.6) is 0 Å². The molecule has 78 valence electrons. The van der Waals surface area contributed by atoms with Crippen LogP contribution in [-0.2, 0) is 6.54 Å². The second kappa shape index (κ2) is 5.94. The van der Waals surface area contributed by atoms with Gasteiger partial charge in [-0.05, 0) is 0 Å². The summed E-state index contributed by atoms with van der Waals surface area (Å²) >= 11 is 0. The van der Waals surface area contributed by atoms with Crippen LogP contribution in [0, 0.1) is 0 Å². The minimum absolute atomic E-state index is 0. The van der Waals surface area contributed by atoms with E-state index in [-0.39, 0.29) is 15.9 Å². The maximum atomic E-state index is 11.8. The average Bonchev–Trinajstić information content (AvgIpc) is 2.31. The van der Waals surface area contributed by atoms with Gasteiger partial charge in [-0.3, -0.25) is 4.79 Å². The number of ketones is 1. The van der Waals surface area contributed by atoms with Gasteiger partial charge in [0, 0.05) is 17.7 Å². The second-order valence-corrected chi connectivity index (χ2v) is 3.34. The molecule has 0 amide bonds. The molecule has 0 aliphatic heterocycles. The van der Waals surface area contributed by atoms with E-state index < -0.39 is 0 Å². The van der Waals surface area contributed by atoms with Gasteiger partial charge >= 0.3 is 10.1 Å².